The average molecular weight is 269 g/mol. The molecule has 100 valence electrons. The number of hydrogen-bond donors (Lipinski definition) is 2. The third kappa shape index (κ3) is 2.83. The van der Waals surface area contributed by atoms with Crippen molar-refractivity contribution < 1.29 is 8.42 Å². The summed E-state index contributed by atoms with van der Waals surface area (Å²) in [5.74, 6) is 0. The molecule has 1 unspecified atom stereocenters. The van der Waals surface area contributed by atoms with Crippen molar-refractivity contribution in [3.8, 4) is 0 Å². The van der Waals surface area contributed by atoms with Crippen molar-refractivity contribution in [2.24, 2.45) is 0 Å². The molecule has 6 heteroatoms. The molecule has 0 heterocycles. The van der Waals surface area contributed by atoms with Crippen LogP contribution in [-0.4, -0.2) is 32.9 Å². The Morgan fingerprint density at radius 3 is 2.56 bits per heavy atom. The average Bonchev–Trinajstić information content (AvgIpc) is 2.31. The smallest absolute Gasteiger partial charge is 0.244 e. The van der Waals surface area contributed by atoms with Crippen molar-refractivity contribution in [1.82, 2.24) is 4.31 Å². The number of sulfonamides is 1. The summed E-state index contributed by atoms with van der Waals surface area (Å²) in [5, 5.41) is 3.09. The molecule has 0 aliphatic carbocycles. The molecule has 0 aliphatic rings. The van der Waals surface area contributed by atoms with Crippen LogP contribution in [-0.2, 0) is 10.0 Å². The van der Waals surface area contributed by atoms with Gasteiger partial charge in [-0.25, -0.2) is 12.7 Å². The van der Waals surface area contributed by atoms with Crippen molar-refractivity contribution in [3.05, 3.63) is 30.9 Å². The first kappa shape index (κ1) is 14.5. The molecule has 5 nitrogen and oxygen atoms in total. The van der Waals surface area contributed by atoms with E-state index >= 15 is 0 Å². The van der Waals surface area contributed by atoms with E-state index in [0.29, 0.717) is 5.69 Å². The lowest BCUT2D eigenvalue weighted by atomic mass is 10.2. The zero-order valence-electron chi connectivity index (χ0n) is 10.8. The normalized spacial score (nSPS) is 13.3. The van der Waals surface area contributed by atoms with Gasteiger partial charge in [0.05, 0.1) is 11.4 Å². The molecule has 0 bridgehead atoms. The van der Waals surface area contributed by atoms with Crippen LogP contribution in [0.5, 0.6) is 0 Å². The Labute approximate surface area is 108 Å². The molecule has 0 amide bonds. The second kappa shape index (κ2) is 5.41. The lowest BCUT2D eigenvalue weighted by Gasteiger charge is -2.18. The number of nitrogens with two attached hydrogens (primary N) is 1. The Kier molecular flexibility index (Phi) is 4.37. The molecule has 18 heavy (non-hydrogen) atoms. The highest BCUT2D eigenvalue weighted by Crippen LogP contribution is 2.28. The minimum absolute atomic E-state index is 0.00427. The maximum absolute atomic E-state index is 12.1. The molecule has 1 rings (SSSR count). The van der Waals surface area contributed by atoms with Gasteiger partial charge in [-0.05, 0) is 19.1 Å². The predicted octanol–water partition coefficient (Wildman–Crippen LogP) is 1.51. The van der Waals surface area contributed by atoms with Crippen LogP contribution in [0.25, 0.3) is 0 Å². The zero-order valence-corrected chi connectivity index (χ0v) is 11.7. The summed E-state index contributed by atoms with van der Waals surface area (Å²) in [7, 11) is -0.583. The van der Waals surface area contributed by atoms with Crippen molar-refractivity contribution in [2.45, 2.75) is 17.9 Å². The van der Waals surface area contributed by atoms with Crippen molar-refractivity contribution >= 4 is 21.4 Å². The summed E-state index contributed by atoms with van der Waals surface area (Å²) in [6.07, 6.45) is 1.71. The molecule has 0 aromatic heterocycles. The SMILES string of the molecule is C=CC(C)Nc1cccc(S(=O)(=O)N(C)C)c1N. The van der Waals surface area contributed by atoms with Crippen LogP contribution in [0.15, 0.2) is 35.7 Å². The molecule has 1 aromatic rings. The lowest BCUT2D eigenvalue weighted by molar-refractivity contribution is 0.521. The molecule has 0 radical (unpaired) electrons. The van der Waals surface area contributed by atoms with Crippen molar-refractivity contribution in [2.75, 3.05) is 25.1 Å². The van der Waals surface area contributed by atoms with Crippen LogP contribution < -0.4 is 11.1 Å². The number of nitrogens with one attached hydrogen (secondary N) is 1. The summed E-state index contributed by atoms with van der Waals surface area (Å²) in [6, 6.07) is 4.90. The number of para-hydroxylation sites is 1. The van der Waals surface area contributed by atoms with Crippen LogP contribution in [0.4, 0.5) is 11.4 Å². The molecule has 0 saturated heterocycles. The maximum Gasteiger partial charge on any atom is 0.244 e. The van der Waals surface area contributed by atoms with Gasteiger partial charge in [-0.1, -0.05) is 12.1 Å². The monoisotopic (exact) mass is 269 g/mol. The van der Waals surface area contributed by atoms with Crippen LogP contribution >= 0.6 is 0 Å². The van der Waals surface area contributed by atoms with E-state index in [4.69, 9.17) is 5.73 Å². The fourth-order valence-corrected chi connectivity index (χ4v) is 2.43. The highest BCUT2D eigenvalue weighted by atomic mass is 32.2. The van der Waals surface area contributed by atoms with E-state index < -0.39 is 10.0 Å². The van der Waals surface area contributed by atoms with Crippen LogP contribution in [0.2, 0.25) is 0 Å². The van der Waals surface area contributed by atoms with Gasteiger partial charge in [0.1, 0.15) is 4.90 Å². The van der Waals surface area contributed by atoms with E-state index in [2.05, 4.69) is 11.9 Å². The molecular formula is C12H19N3O2S. The molecule has 0 spiro atoms. The van der Waals surface area contributed by atoms with E-state index in [0.717, 1.165) is 4.31 Å². The fraction of sp³-hybridized carbons (Fsp3) is 0.333. The third-order valence-corrected chi connectivity index (χ3v) is 4.43. The van der Waals surface area contributed by atoms with Gasteiger partial charge in [0, 0.05) is 20.1 Å². The van der Waals surface area contributed by atoms with Crippen LogP contribution in [0.1, 0.15) is 6.92 Å². The number of nitrogens with zero attached hydrogens (tertiary/aromatic N) is 1. The predicted molar refractivity (Wildman–Crippen MR) is 75.0 cm³/mol. The summed E-state index contributed by atoms with van der Waals surface area (Å²) in [4.78, 5) is 0.105. The van der Waals surface area contributed by atoms with Gasteiger partial charge in [0.15, 0.2) is 0 Å². The maximum atomic E-state index is 12.1. The Balaban J connectivity index is 3.26. The zero-order chi connectivity index (χ0) is 13.9. The summed E-state index contributed by atoms with van der Waals surface area (Å²) in [6.45, 7) is 5.56. The van der Waals surface area contributed by atoms with E-state index in [1.807, 2.05) is 6.92 Å². The number of benzene rings is 1. The minimum atomic E-state index is -3.53. The first-order valence-electron chi connectivity index (χ1n) is 5.50. The molecule has 1 aromatic carbocycles. The Hall–Kier alpha value is -1.53. The largest absolute Gasteiger partial charge is 0.396 e. The van der Waals surface area contributed by atoms with E-state index in [9.17, 15) is 8.42 Å². The number of hydrogen-bond acceptors (Lipinski definition) is 4. The third-order valence-electron chi connectivity index (χ3n) is 2.56. The topological polar surface area (TPSA) is 75.4 Å². The minimum Gasteiger partial charge on any atom is -0.396 e. The van der Waals surface area contributed by atoms with Gasteiger partial charge in [-0.3, -0.25) is 0 Å². The van der Waals surface area contributed by atoms with Gasteiger partial charge in [0.2, 0.25) is 10.0 Å². The Morgan fingerprint density at radius 2 is 2.06 bits per heavy atom. The molecule has 3 N–H and O–H groups in total. The summed E-state index contributed by atoms with van der Waals surface area (Å²) in [5.41, 5.74) is 6.72. The number of rotatable bonds is 5. The molecule has 0 saturated carbocycles. The van der Waals surface area contributed by atoms with Crippen LogP contribution in [0, 0.1) is 0 Å². The molecule has 1 atom stereocenters. The van der Waals surface area contributed by atoms with Crippen molar-refractivity contribution in [1.29, 1.82) is 0 Å². The highest BCUT2D eigenvalue weighted by Gasteiger charge is 2.21. The molecule has 0 fully saturated rings. The standard InChI is InChI=1S/C12H19N3O2S/c1-5-9(2)14-10-7-6-8-11(12(10)13)18(16,17)15(3)4/h5-9,14H,1,13H2,2-4H3. The second-order valence-electron chi connectivity index (χ2n) is 4.17. The number of anilines is 2. The van der Waals surface area contributed by atoms with Gasteiger partial charge >= 0.3 is 0 Å². The highest BCUT2D eigenvalue weighted by molar-refractivity contribution is 7.89. The first-order valence-corrected chi connectivity index (χ1v) is 6.94. The first-order chi connectivity index (χ1) is 8.30. The Morgan fingerprint density at radius 1 is 1.44 bits per heavy atom. The molecule has 0 aliphatic heterocycles. The second-order valence-corrected chi connectivity index (χ2v) is 6.29. The van der Waals surface area contributed by atoms with Gasteiger partial charge in [-0.15, -0.1) is 6.58 Å². The van der Waals surface area contributed by atoms with E-state index in [1.54, 1.807) is 18.2 Å². The lowest BCUT2D eigenvalue weighted by Crippen LogP contribution is -2.24. The van der Waals surface area contributed by atoms with E-state index in [1.165, 1.54) is 20.2 Å². The Bertz CT molecular complexity index is 538. The van der Waals surface area contributed by atoms with E-state index in [-0.39, 0.29) is 16.6 Å². The van der Waals surface area contributed by atoms with Gasteiger partial charge < -0.3 is 11.1 Å². The number of nitrogen functional groups attached to an aromatic ring is 1. The fourth-order valence-electron chi connectivity index (χ4n) is 1.40. The van der Waals surface area contributed by atoms with Gasteiger partial charge in [-0.2, -0.15) is 0 Å². The van der Waals surface area contributed by atoms with Crippen LogP contribution in [0.3, 0.4) is 0 Å². The quantitative estimate of drug-likeness (QED) is 0.627. The van der Waals surface area contributed by atoms with Gasteiger partial charge in [0.25, 0.3) is 0 Å². The molecular weight excluding hydrogens is 250 g/mol. The summed E-state index contributed by atoms with van der Waals surface area (Å²) < 4.78 is 25.3. The summed E-state index contributed by atoms with van der Waals surface area (Å²) >= 11 is 0. The van der Waals surface area contributed by atoms with Crippen molar-refractivity contribution in [3.63, 3.8) is 0 Å².